The van der Waals surface area contributed by atoms with Crippen LogP contribution in [-0.4, -0.2) is 32.2 Å². The van der Waals surface area contributed by atoms with Crippen LogP contribution in [0.4, 0.5) is 5.69 Å². The molecule has 112 valence electrons. The summed E-state index contributed by atoms with van der Waals surface area (Å²) in [6, 6.07) is 3.04. The molecule has 0 spiro atoms. The summed E-state index contributed by atoms with van der Waals surface area (Å²) in [5.41, 5.74) is 0.653. The predicted molar refractivity (Wildman–Crippen MR) is 80.9 cm³/mol. The van der Waals surface area contributed by atoms with Gasteiger partial charge in [-0.1, -0.05) is 11.6 Å². The van der Waals surface area contributed by atoms with E-state index in [4.69, 9.17) is 21.1 Å². The molecule has 20 heavy (non-hydrogen) atoms. The summed E-state index contributed by atoms with van der Waals surface area (Å²) in [5.74, 6) is 0.988. The van der Waals surface area contributed by atoms with Gasteiger partial charge in [0.15, 0.2) is 0 Å². The molecule has 2 N–H and O–H groups in total. The zero-order valence-electron chi connectivity index (χ0n) is 12.4. The van der Waals surface area contributed by atoms with Crippen molar-refractivity contribution < 1.29 is 14.3 Å². The topological polar surface area (TPSA) is 59.6 Å². The summed E-state index contributed by atoms with van der Waals surface area (Å²) < 4.78 is 10.4. The first-order valence-electron chi connectivity index (χ1n) is 6.37. The molecule has 0 aliphatic heterocycles. The lowest BCUT2D eigenvalue weighted by Gasteiger charge is -2.19. The normalized spacial score (nSPS) is 11.9. The van der Waals surface area contributed by atoms with Gasteiger partial charge in [0.05, 0.1) is 24.9 Å². The summed E-state index contributed by atoms with van der Waals surface area (Å²) in [5, 5.41) is 6.39. The van der Waals surface area contributed by atoms with Crippen LogP contribution in [-0.2, 0) is 4.79 Å². The summed E-state index contributed by atoms with van der Waals surface area (Å²) >= 11 is 6.04. The zero-order valence-corrected chi connectivity index (χ0v) is 13.2. The number of hydrogen-bond donors (Lipinski definition) is 2. The van der Waals surface area contributed by atoms with Crippen LogP contribution in [0, 0.1) is 0 Å². The van der Waals surface area contributed by atoms with Crippen molar-refractivity contribution in [2.45, 2.75) is 32.9 Å². The number of anilines is 1. The van der Waals surface area contributed by atoms with E-state index in [9.17, 15) is 4.79 Å². The molecule has 5 nitrogen and oxygen atoms in total. The van der Waals surface area contributed by atoms with E-state index >= 15 is 0 Å². The number of rotatable bonds is 6. The monoisotopic (exact) mass is 300 g/mol. The molecule has 0 aliphatic rings. The molecule has 6 heteroatoms. The molecule has 1 amide bonds. The SMILES string of the molecule is COc1cc(NC(C)C(=O)NC(C)C)c(OC)cc1Cl. The average molecular weight is 301 g/mol. The van der Waals surface area contributed by atoms with E-state index in [1.807, 2.05) is 13.8 Å². The number of carbonyl (C=O) groups excluding carboxylic acids is 1. The number of amides is 1. The van der Waals surface area contributed by atoms with Crippen LogP contribution in [0.1, 0.15) is 20.8 Å². The third kappa shape index (κ3) is 4.20. The maximum absolute atomic E-state index is 11.9. The highest BCUT2D eigenvalue weighted by Gasteiger charge is 2.17. The number of halogens is 1. The van der Waals surface area contributed by atoms with Gasteiger partial charge in [0.2, 0.25) is 5.91 Å². The Morgan fingerprint density at radius 1 is 1.15 bits per heavy atom. The molecule has 0 heterocycles. The minimum Gasteiger partial charge on any atom is -0.495 e. The van der Waals surface area contributed by atoms with Gasteiger partial charge in [-0.05, 0) is 20.8 Å². The van der Waals surface area contributed by atoms with Crippen LogP contribution >= 0.6 is 11.6 Å². The minimum atomic E-state index is -0.405. The van der Waals surface area contributed by atoms with Crippen molar-refractivity contribution in [1.82, 2.24) is 5.32 Å². The van der Waals surface area contributed by atoms with E-state index < -0.39 is 6.04 Å². The molecule has 0 bridgehead atoms. The van der Waals surface area contributed by atoms with E-state index in [0.29, 0.717) is 22.2 Å². The molecule has 0 aromatic heterocycles. The lowest BCUT2D eigenvalue weighted by molar-refractivity contribution is -0.122. The van der Waals surface area contributed by atoms with Gasteiger partial charge in [0, 0.05) is 18.2 Å². The summed E-state index contributed by atoms with van der Waals surface area (Å²) in [4.78, 5) is 11.9. The first-order valence-corrected chi connectivity index (χ1v) is 6.75. The van der Waals surface area contributed by atoms with E-state index in [1.165, 1.54) is 7.11 Å². The molecule has 1 rings (SSSR count). The number of ether oxygens (including phenoxy) is 2. The van der Waals surface area contributed by atoms with Gasteiger partial charge in [-0.25, -0.2) is 0 Å². The van der Waals surface area contributed by atoms with Crippen molar-refractivity contribution in [2.24, 2.45) is 0 Å². The fourth-order valence-corrected chi connectivity index (χ4v) is 1.91. The Balaban J connectivity index is 2.93. The van der Waals surface area contributed by atoms with Crippen LogP contribution in [0.25, 0.3) is 0 Å². The predicted octanol–water partition coefficient (Wildman–Crippen LogP) is 2.68. The highest BCUT2D eigenvalue weighted by Crippen LogP contribution is 2.36. The second kappa shape index (κ2) is 7.24. The van der Waals surface area contributed by atoms with Crippen LogP contribution in [0.15, 0.2) is 12.1 Å². The van der Waals surface area contributed by atoms with Gasteiger partial charge < -0.3 is 20.1 Å². The molecule has 0 radical (unpaired) electrons. The summed E-state index contributed by atoms with van der Waals surface area (Å²) in [6.07, 6.45) is 0. The standard InChI is InChI=1S/C14H21ClN2O3/c1-8(2)16-14(18)9(3)17-11-7-12(19-4)10(15)6-13(11)20-5/h6-9,17H,1-5H3,(H,16,18). The number of carbonyl (C=O) groups is 1. The zero-order chi connectivity index (χ0) is 15.3. The fraction of sp³-hybridized carbons (Fsp3) is 0.500. The maximum Gasteiger partial charge on any atom is 0.242 e. The molecular formula is C14H21ClN2O3. The van der Waals surface area contributed by atoms with Crippen molar-refractivity contribution in [3.05, 3.63) is 17.2 Å². The van der Waals surface area contributed by atoms with Gasteiger partial charge in [0.25, 0.3) is 0 Å². The largest absolute Gasteiger partial charge is 0.495 e. The molecular weight excluding hydrogens is 280 g/mol. The van der Waals surface area contributed by atoms with Crippen LogP contribution < -0.4 is 20.1 Å². The molecule has 1 aromatic rings. The average Bonchev–Trinajstić information content (AvgIpc) is 2.39. The first-order chi connectivity index (χ1) is 9.38. The number of hydrogen-bond acceptors (Lipinski definition) is 4. The number of benzene rings is 1. The van der Waals surface area contributed by atoms with Crippen LogP contribution in [0.5, 0.6) is 11.5 Å². The summed E-state index contributed by atoms with van der Waals surface area (Å²) in [6.45, 7) is 5.60. The lowest BCUT2D eigenvalue weighted by Crippen LogP contribution is -2.41. The maximum atomic E-state index is 11.9. The second-order valence-corrected chi connectivity index (χ2v) is 5.12. The molecule has 0 aliphatic carbocycles. The molecule has 0 saturated carbocycles. The Kier molecular flexibility index (Phi) is 5.95. The quantitative estimate of drug-likeness (QED) is 0.848. The van der Waals surface area contributed by atoms with Crippen LogP contribution in [0.2, 0.25) is 5.02 Å². The Morgan fingerprint density at radius 2 is 1.75 bits per heavy atom. The minimum absolute atomic E-state index is 0.0871. The Labute approximate surface area is 124 Å². The lowest BCUT2D eigenvalue weighted by atomic mass is 10.2. The van der Waals surface area contributed by atoms with E-state index in [0.717, 1.165) is 0 Å². The van der Waals surface area contributed by atoms with Crippen molar-refractivity contribution in [2.75, 3.05) is 19.5 Å². The van der Waals surface area contributed by atoms with Crippen LogP contribution in [0.3, 0.4) is 0 Å². The Hall–Kier alpha value is -1.62. The van der Waals surface area contributed by atoms with Gasteiger partial charge in [0.1, 0.15) is 17.5 Å². The molecule has 0 saturated heterocycles. The Morgan fingerprint density at radius 3 is 2.25 bits per heavy atom. The van der Waals surface area contributed by atoms with Crippen molar-refractivity contribution >= 4 is 23.2 Å². The van der Waals surface area contributed by atoms with Gasteiger partial charge in [-0.15, -0.1) is 0 Å². The fourth-order valence-electron chi connectivity index (χ4n) is 1.68. The molecule has 0 fully saturated rings. The first kappa shape index (κ1) is 16.4. The van der Waals surface area contributed by atoms with Crippen molar-refractivity contribution in [3.8, 4) is 11.5 Å². The highest BCUT2D eigenvalue weighted by atomic mass is 35.5. The molecule has 1 atom stereocenters. The van der Waals surface area contributed by atoms with Crippen molar-refractivity contribution in [1.29, 1.82) is 0 Å². The Bertz CT molecular complexity index is 478. The third-order valence-electron chi connectivity index (χ3n) is 2.67. The van der Waals surface area contributed by atoms with Gasteiger partial charge >= 0.3 is 0 Å². The molecule has 1 unspecified atom stereocenters. The molecule has 1 aromatic carbocycles. The van der Waals surface area contributed by atoms with Gasteiger partial charge in [-0.2, -0.15) is 0 Å². The smallest absolute Gasteiger partial charge is 0.242 e. The van der Waals surface area contributed by atoms with Gasteiger partial charge in [-0.3, -0.25) is 4.79 Å². The summed E-state index contributed by atoms with van der Waals surface area (Å²) in [7, 11) is 3.08. The number of methoxy groups -OCH3 is 2. The number of nitrogens with one attached hydrogen (secondary N) is 2. The van der Waals surface area contributed by atoms with E-state index in [1.54, 1.807) is 26.2 Å². The van der Waals surface area contributed by atoms with E-state index in [2.05, 4.69) is 10.6 Å². The third-order valence-corrected chi connectivity index (χ3v) is 2.97. The van der Waals surface area contributed by atoms with Crippen molar-refractivity contribution in [3.63, 3.8) is 0 Å². The van der Waals surface area contributed by atoms with E-state index in [-0.39, 0.29) is 11.9 Å². The highest BCUT2D eigenvalue weighted by molar-refractivity contribution is 6.32. The second-order valence-electron chi connectivity index (χ2n) is 4.72.